The normalized spacial score (nSPS) is 20.7. The molecule has 1 aromatic rings. The first kappa shape index (κ1) is 23.3. The van der Waals surface area contributed by atoms with Crippen molar-refractivity contribution in [1.82, 2.24) is 0 Å². The van der Waals surface area contributed by atoms with Crippen LogP contribution in [0.25, 0.3) is 5.57 Å². The van der Waals surface area contributed by atoms with E-state index in [9.17, 15) is 19.4 Å². The van der Waals surface area contributed by atoms with Gasteiger partial charge < -0.3 is 15.3 Å². The molecule has 0 spiro atoms. The summed E-state index contributed by atoms with van der Waals surface area (Å²) in [4.78, 5) is 10.7. The molecule has 0 aromatic heterocycles. The average Bonchev–Trinajstić information content (AvgIpc) is 2.53. The van der Waals surface area contributed by atoms with Crippen molar-refractivity contribution >= 4 is 11.5 Å². The van der Waals surface area contributed by atoms with Crippen molar-refractivity contribution in [3.63, 3.8) is 0 Å². The molecule has 0 aliphatic heterocycles. The number of carboxylic acid groups (broad SMARTS) is 1. The standard InChI is InChI=1S/C24H33FO4/c1-15-10-16(6-9-21(15)25)19-13-23(2,3)14-24(4,5)20(19)8-7-17(26)11-18(27)12-22(28)29/h6-10,17-18,26-27H,11-14H2,1-5H3,(H,28,29). The number of hydrogen-bond donors (Lipinski definition) is 3. The highest BCUT2D eigenvalue weighted by Gasteiger charge is 2.38. The van der Waals surface area contributed by atoms with Crippen LogP contribution in [0, 0.1) is 23.6 Å². The van der Waals surface area contributed by atoms with Crippen LogP contribution in [0.2, 0.25) is 0 Å². The van der Waals surface area contributed by atoms with Gasteiger partial charge in [0.15, 0.2) is 0 Å². The van der Waals surface area contributed by atoms with E-state index in [4.69, 9.17) is 5.11 Å². The van der Waals surface area contributed by atoms with E-state index in [0.29, 0.717) is 5.56 Å². The third kappa shape index (κ3) is 6.25. The Morgan fingerprint density at radius 1 is 1.24 bits per heavy atom. The lowest BCUT2D eigenvalue weighted by molar-refractivity contribution is -0.139. The van der Waals surface area contributed by atoms with Crippen LogP contribution in [0.15, 0.2) is 35.9 Å². The first-order valence-corrected chi connectivity index (χ1v) is 10.1. The summed E-state index contributed by atoms with van der Waals surface area (Å²) in [5.41, 5.74) is 3.70. The Hall–Kier alpha value is -1.98. The Kier molecular flexibility index (Phi) is 7.07. The van der Waals surface area contributed by atoms with Gasteiger partial charge in [-0.1, -0.05) is 45.9 Å². The van der Waals surface area contributed by atoms with Crippen LogP contribution in [0.4, 0.5) is 4.39 Å². The summed E-state index contributed by atoms with van der Waals surface area (Å²) in [7, 11) is 0. The number of aryl methyl sites for hydroxylation is 1. The summed E-state index contributed by atoms with van der Waals surface area (Å²) in [5, 5.41) is 28.8. The first-order chi connectivity index (χ1) is 13.3. The second-order valence-corrected chi connectivity index (χ2v) is 9.67. The Morgan fingerprint density at radius 3 is 2.48 bits per heavy atom. The van der Waals surface area contributed by atoms with E-state index in [-0.39, 0.29) is 23.1 Å². The van der Waals surface area contributed by atoms with E-state index in [1.165, 1.54) is 6.07 Å². The molecule has 0 bridgehead atoms. The van der Waals surface area contributed by atoms with Gasteiger partial charge in [-0.3, -0.25) is 4.79 Å². The highest BCUT2D eigenvalue weighted by atomic mass is 19.1. The monoisotopic (exact) mass is 404 g/mol. The van der Waals surface area contributed by atoms with Crippen LogP contribution in [0.5, 0.6) is 0 Å². The number of aliphatic carboxylic acids is 1. The molecule has 0 radical (unpaired) electrons. The van der Waals surface area contributed by atoms with E-state index < -0.39 is 24.6 Å². The van der Waals surface area contributed by atoms with E-state index in [1.807, 2.05) is 12.1 Å². The number of carboxylic acids is 1. The smallest absolute Gasteiger partial charge is 0.305 e. The first-order valence-electron chi connectivity index (χ1n) is 10.1. The molecule has 2 atom stereocenters. The largest absolute Gasteiger partial charge is 0.481 e. The number of aliphatic hydroxyl groups excluding tert-OH is 2. The van der Waals surface area contributed by atoms with Gasteiger partial charge in [0.05, 0.1) is 18.6 Å². The highest BCUT2D eigenvalue weighted by molar-refractivity contribution is 5.74. The van der Waals surface area contributed by atoms with Crippen molar-refractivity contribution in [3.8, 4) is 0 Å². The number of allylic oxidation sites excluding steroid dienone is 3. The van der Waals surface area contributed by atoms with Gasteiger partial charge in [-0.2, -0.15) is 0 Å². The number of rotatable bonds is 7. The van der Waals surface area contributed by atoms with Crippen LogP contribution in [-0.4, -0.2) is 33.5 Å². The second kappa shape index (κ2) is 8.80. The molecule has 0 saturated heterocycles. The highest BCUT2D eigenvalue weighted by Crippen LogP contribution is 2.52. The fraction of sp³-hybridized carbons (Fsp3) is 0.542. The average molecular weight is 405 g/mol. The van der Waals surface area contributed by atoms with Crippen LogP contribution in [0.3, 0.4) is 0 Å². The van der Waals surface area contributed by atoms with Crippen LogP contribution >= 0.6 is 0 Å². The molecule has 0 fully saturated rings. The predicted octanol–water partition coefficient (Wildman–Crippen LogP) is 4.88. The lowest BCUT2D eigenvalue weighted by Crippen LogP contribution is -2.30. The Bertz CT molecular complexity index is 820. The minimum absolute atomic E-state index is 0.0347. The third-order valence-corrected chi connectivity index (χ3v) is 5.55. The number of aliphatic hydroxyl groups is 2. The lowest BCUT2D eigenvalue weighted by atomic mass is 9.61. The summed E-state index contributed by atoms with van der Waals surface area (Å²) in [6.45, 7) is 10.5. The molecular formula is C24H33FO4. The maximum atomic E-state index is 13.8. The molecule has 1 aliphatic carbocycles. The summed E-state index contributed by atoms with van der Waals surface area (Å²) in [5.74, 6) is -1.33. The van der Waals surface area contributed by atoms with Crippen LogP contribution < -0.4 is 0 Å². The molecule has 29 heavy (non-hydrogen) atoms. The molecule has 0 heterocycles. The van der Waals surface area contributed by atoms with Gasteiger partial charge in [0.25, 0.3) is 0 Å². The molecule has 2 unspecified atom stereocenters. The summed E-state index contributed by atoms with van der Waals surface area (Å²) in [6, 6.07) is 5.16. The quantitative estimate of drug-likeness (QED) is 0.605. The fourth-order valence-electron chi connectivity index (χ4n) is 4.60. The third-order valence-electron chi connectivity index (χ3n) is 5.55. The zero-order valence-electron chi connectivity index (χ0n) is 18.0. The van der Waals surface area contributed by atoms with Crippen molar-refractivity contribution in [2.75, 3.05) is 0 Å². The Labute approximate surface area is 172 Å². The molecule has 3 N–H and O–H groups in total. The van der Waals surface area contributed by atoms with E-state index >= 15 is 0 Å². The fourth-order valence-corrected chi connectivity index (χ4v) is 4.60. The molecule has 160 valence electrons. The minimum Gasteiger partial charge on any atom is -0.481 e. The van der Waals surface area contributed by atoms with Crippen LogP contribution in [0.1, 0.15) is 64.5 Å². The molecule has 1 aromatic carbocycles. The molecule has 0 amide bonds. The van der Waals surface area contributed by atoms with E-state index in [1.54, 1.807) is 19.1 Å². The number of benzene rings is 1. The molecule has 0 saturated carbocycles. The van der Waals surface area contributed by atoms with Gasteiger partial charge in [-0.05, 0) is 65.0 Å². The summed E-state index contributed by atoms with van der Waals surface area (Å²) in [6.07, 6.45) is 2.83. The van der Waals surface area contributed by atoms with Crippen molar-refractivity contribution < 1.29 is 24.5 Å². The van der Waals surface area contributed by atoms with Gasteiger partial charge in [-0.15, -0.1) is 0 Å². The van der Waals surface area contributed by atoms with Gasteiger partial charge in [0.2, 0.25) is 0 Å². The Morgan fingerprint density at radius 2 is 1.90 bits per heavy atom. The Balaban J connectivity index is 2.41. The SMILES string of the molecule is Cc1cc(C2=C(C=CC(O)CC(O)CC(=O)O)C(C)(C)CC(C)(C)C2)ccc1F. The van der Waals surface area contributed by atoms with E-state index in [0.717, 1.165) is 29.6 Å². The maximum absolute atomic E-state index is 13.8. The second-order valence-electron chi connectivity index (χ2n) is 9.67. The van der Waals surface area contributed by atoms with Crippen LogP contribution in [-0.2, 0) is 4.79 Å². The molecular weight excluding hydrogens is 371 g/mol. The zero-order valence-corrected chi connectivity index (χ0v) is 18.0. The van der Waals surface area contributed by atoms with Gasteiger partial charge >= 0.3 is 5.97 Å². The van der Waals surface area contributed by atoms with E-state index in [2.05, 4.69) is 27.7 Å². The topological polar surface area (TPSA) is 77.8 Å². The molecule has 4 nitrogen and oxygen atoms in total. The summed E-state index contributed by atoms with van der Waals surface area (Å²) < 4.78 is 13.8. The maximum Gasteiger partial charge on any atom is 0.305 e. The van der Waals surface area contributed by atoms with Gasteiger partial charge in [0, 0.05) is 6.42 Å². The van der Waals surface area contributed by atoms with Crippen molar-refractivity contribution in [2.45, 2.75) is 72.5 Å². The minimum atomic E-state index is -1.10. The van der Waals surface area contributed by atoms with Crippen molar-refractivity contribution in [1.29, 1.82) is 0 Å². The summed E-state index contributed by atoms with van der Waals surface area (Å²) >= 11 is 0. The predicted molar refractivity (Wildman–Crippen MR) is 113 cm³/mol. The zero-order chi connectivity index (χ0) is 22.0. The lowest BCUT2D eigenvalue weighted by Gasteiger charge is -2.43. The van der Waals surface area contributed by atoms with Crippen molar-refractivity contribution in [3.05, 3.63) is 52.9 Å². The molecule has 5 heteroatoms. The van der Waals surface area contributed by atoms with Gasteiger partial charge in [-0.25, -0.2) is 4.39 Å². The number of halogens is 1. The van der Waals surface area contributed by atoms with Crippen molar-refractivity contribution in [2.24, 2.45) is 10.8 Å². The number of hydrogen-bond acceptors (Lipinski definition) is 3. The van der Waals surface area contributed by atoms with Gasteiger partial charge in [0.1, 0.15) is 5.82 Å². The molecule has 2 rings (SSSR count). The molecule has 1 aliphatic rings. The number of carbonyl (C=O) groups is 1.